The first-order valence-electron chi connectivity index (χ1n) is 2.65. The van der Waals surface area contributed by atoms with Crippen molar-refractivity contribution in [2.45, 2.75) is 0 Å². The predicted octanol–water partition coefficient (Wildman–Crippen LogP) is 1.30. The lowest BCUT2D eigenvalue weighted by Crippen LogP contribution is -2.10. The predicted molar refractivity (Wildman–Crippen MR) is 41.3 cm³/mol. The quantitative estimate of drug-likeness (QED) is 0.501. The third-order valence-electron chi connectivity index (χ3n) is 0.644. The molecule has 0 fully saturated rings. The highest BCUT2D eigenvalue weighted by atomic mass is 35.5. The minimum absolute atomic E-state index is 0.779. The fraction of sp³-hybridized carbons (Fsp3) is 0.429. The molecule has 0 aromatic rings. The maximum Gasteiger partial charge on any atom is 0.0600 e. The van der Waals surface area contributed by atoms with Gasteiger partial charge in [-0.2, -0.15) is 0 Å². The summed E-state index contributed by atoms with van der Waals surface area (Å²) in [4.78, 5) is 2.00. The summed E-state index contributed by atoms with van der Waals surface area (Å²) in [7, 11) is 3.94. The lowest BCUT2D eigenvalue weighted by molar-refractivity contribution is 0.464. The zero-order chi connectivity index (χ0) is 7.11. The van der Waals surface area contributed by atoms with Crippen molar-refractivity contribution in [1.82, 2.24) is 4.90 Å². The van der Waals surface area contributed by atoms with E-state index in [1.54, 1.807) is 6.08 Å². The van der Waals surface area contributed by atoms with Crippen molar-refractivity contribution in [2.75, 3.05) is 20.6 Å². The van der Waals surface area contributed by atoms with Crippen LogP contribution >= 0.6 is 11.6 Å². The van der Waals surface area contributed by atoms with E-state index in [-0.39, 0.29) is 0 Å². The minimum atomic E-state index is 0.779. The molecule has 0 heterocycles. The molecule has 9 heavy (non-hydrogen) atoms. The zero-order valence-electron chi connectivity index (χ0n) is 5.69. The molecule has 50 valence electrons. The molecule has 0 saturated carbocycles. The monoisotopic (exact) mass is 143 g/mol. The molecule has 2 heteroatoms. The summed E-state index contributed by atoms with van der Waals surface area (Å²) in [5.41, 5.74) is 1.41. The number of nitrogens with zero attached hydrogens (tertiary/aromatic N) is 1. The SMILES string of the molecule is CN(C)CC#C/C=C/Cl. The van der Waals surface area contributed by atoms with Gasteiger partial charge in [0.05, 0.1) is 6.54 Å². The van der Waals surface area contributed by atoms with Crippen molar-refractivity contribution >= 4 is 11.6 Å². The highest BCUT2D eigenvalue weighted by Crippen LogP contribution is 1.74. The Bertz CT molecular complexity index is 139. The normalized spacial score (nSPS) is 9.78. The third-order valence-corrected chi connectivity index (χ3v) is 0.770. The Morgan fingerprint density at radius 1 is 1.56 bits per heavy atom. The van der Waals surface area contributed by atoms with Crippen LogP contribution in [0.25, 0.3) is 0 Å². The summed E-state index contributed by atoms with van der Waals surface area (Å²) in [5.74, 6) is 5.65. The van der Waals surface area contributed by atoms with E-state index >= 15 is 0 Å². The molecule has 0 amide bonds. The molecule has 0 rings (SSSR count). The Hall–Kier alpha value is -0.450. The van der Waals surface area contributed by atoms with Crippen molar-refractivity contribution < 1.29 is 0 Å². The second kappa shape index (κ2) is 5.68. The standard InChI is InChI=1S/C7H10ClN/c1-9(2)7-5-3-4-6-8/h4,6H,7H2,1-2H3/b6-4+. The van der Waals surface area contributed by atoms with Crippen LogP contribution < -0.4 is 0 Å². The van der Waals surface area contributed by atoms with Crippen LogP contribution in [0, 0.1) is 11.8 Å². The number of hydrogen-bond acceptors (Lipinski definition) is 1. The van der Waals surface area contributed by atoms with Gasteiger partial charge in [0.2, 0.25) is 0 Å². The summed E-state index contributed by atoms with van der Waals surface area (Å²) in [6.45, 7) is 0.779. The number of rotatable bonds is 1. The van der Waals surface area contributed by atoms with Crippen LogP contribution in [0.15, 0.2) is 11.6 Å². The molecule has 0 spiro atoms. The van der Waals surface area contributed by atoms with Gasteiger partial charge >= 0.3 is 0 Å². The maximum atomic E-state index is 5.22. The molecule has 0 saturated heterocycles. The van der Waals surface area contributed by atoms with Crippen molar-refractivity contribution in [3.63, 3.8) is 0 Å². The molecule has 0 unspecified atom stereocenters. The second-order valence-electron chi connectivity index (χ2n) is 1.85. The number of halogens is 1. The highest BCUT2D eigenvalue weighted by Gasteiger charge is 1.77. The van der Waals surface area contributed by atoms with E-state index in [4.69, 9.17) is 11.6 Å². The van der Waals surface area contributed by atoms with Gasteiger partial charge in [0, 0.05) is 5.54 Å². The lowest BCUT2D eigenvalue weighted by atomic mass is 10.5. The summed E-state index contributed by atoms with van der Waals surface area (Å²) >= 11 is 5.22. The number of allylic oxidation sites excluding steroid dienone is 1. The Morgan fingerprint density at radius 2 is 2.22 bits per heavy atom. The Balaban J connectivity index is 3.38. The van der Waals surface area contributed by atoms with Gasteiger partial charge < -0.3 is 0 Å². The molecular weight excluding hydrogens is 134 g/mol. The van der Waals surface area contributed by atoms with Gasteiger partial charge in [0.1, 0.15) is 0 Å². The van der Waals surface area contributed by atoms with Gasteiger partial charge in [-0.25, -0.2) is 0 Å². The van der Waals surface area contributed by atoms with Crippen LogP contribution in [0.2, 0.25) is 0 Å². The summed E-state index contributed by atoms with van der Waals surface area (Å²) in [5, 5.41) is 0. The largest absolute Gasteiger partial charge is 0.299 e. The van der Waals surface area contributed by atoms with Crippen LogP contribution in [-0.4, -0.2) is 25.5 Å². The average molecular weight is 144 g/mol. The Labute approximate surface area is 61.3 Å². The van der Waals surface area contributed by atoms with Gasteiger partial charge in [-0.15, -0.1) is 0 Å². The van der Waals surface area contributed by atoms with Crippen LogP contribution in [0.1, 0.15) is 0 Å². The molecule has 0 atom stereocenters. The average Bonchev–Trinajstić information content (AvgIpc) is 1.80. The van der Waals surface area contributed by atoms with E-state index in [0.29, 0.717) is 0 Å². The van der Waals surface area contributed by atoms with E-state index in [1.165, 1.54) is 5.54 Å². The van der Waals surface area contributed by atoms with Crippen LogP contribution in [0.3, 0.4) is 0 Å². The van der Waals surface area contributed by atoms with Gasteiger partial charge in [-0.1, -0.05) is 23.4 Å². The third kappa shape index (κ3) is 7.55. The van der Waals surface area contributed by atoms with Crippen molar-refractivity contribution in [2.24, 2.45) is 0 Å². The van der Waals surface area contributed by atoms with Gasteiger partial charge in [0.15, 0.2) is 0 Å². The van der Waals surface area contributed by atoms with Crippen LogP contribution in [-0.2, 0) is 0 Å². The van der Waals surface area contributed by atoms with Crippen molar-refractivity contribution in [3.8, 4) is 11.8 Å². The van der Waals surface area contributed by atoms with E-state index in [2.05, 4.69) is 11.8 Å². The second-order valence-corrected chi connectivity index (χ2v) is 2.10. The molecule has 0 aliphatic rings. The smallest absolute Gasteiger partial charge is 0.0600 e. The first-order valence-corrected chi connectivity index (χ1v) is 3.09. The fourth-order valence-electron chi connectivity index (χ4n) is 0.294. The molecule has 0 radical (unpaired) electrons. The van der Waals surface area contributed by atoms with E-state index in [9.17, 15) is 0 Å². The lowest BCUT2D eigenvalue weighted by Gasteiger charge is -1.99. The Kier molecular flexibility index (Phi) is 5.40. The van der Waals surface area contributed by atoms with Crippen LogP contribution in [0.5, 0.6) is 0 Å². The molecule has 0 bridgehead atoms. The first kappa shape index (κ1) is 8.55. The topological polar surface area (TPSA) is 3.24 Å². The Morgan fingerprint density at radius 3 is 2.67 bits per heavy atom. The van der Waals surface area contributed by atoms with Gasteiger partial charge in [-0.3, -0.25) is 4.90 Å². The molecule has 1 nitrogen and oxygen atoms in total. The highest BCUT2D eigenvalue weighted by molar-refractivity contribution is 6.25. The van der Waals surface area contributed by atoms with Gasteiger partial charge in [0.25, 0.3) is 0 Å². The zero-order valence-corrected chi connectivity index (χ0v) is 6.44. The molecule has 0 N–H and O–H groups in total. The summed E-state index contributed by atoms with van der Waals surface area (Å²) in [6, 6.07) is 0. The summed E-state index contributed by atoms with van der Waals surface area (Å²) < 4.78 is 0. The maximum absolute atomic E-state index is 5.22. The van der Waals surface area contributed by atoms with Crippen LogP contribution in [0.4, 0.5) is 0 Å². The summed E-state index contributed by atoms with van der Waals surface area (Å²) in [6.07, 6.45) is 1.62. The number of hydrogen-bond donors (Lipinski definition) is 0. The van der Waals surface area contributed by atoms with E-state index < -0.39 is 0 Å². The molecular formula is C7H10ClN. The molecule has 0 aromatic heterocycles. The molecule has 0 aliphatic heterocycles. The van der Waals surface area contributed by atoms with E-state index in [1.807, 2.05) is 19.0 Å². The first-order chi connectivity index (χ1) is 4.27. The van der Waals surface area contributed by atoms with Gasteiger partial charge in [-0.05, 0) is 20.2 Å². The molecule has 0 aliphatic carbocycles. The van der Waals surface area contributed by atoms with Crippen molar-refractivity contribution in [1.29, 1.82) is 0 Å². The fourth-order valence-corrected chi connectivity index (χ4v) is 0.357. The van der Waals surface area contributed by atoms with Crippen molar-refractivity contribution in [3.05, 3.63) is 11.6 Å². The molecule has 0 aromatic carbocycles. The van der Waals surface area contributed by atoms with E-state index in [0.717, 1.165) is 6.54 Å². The minimum Gasteiger partial charge on any atom is -0.299 e.